The molecule has 0 aromatic carbocycles. The summed E-state index contributed by atoms with van der Waals surface area (Å²) in [7, 11) is 1.25. The third-order valence-corrected chi connectivity index (χ3v) is 1.40. The topological polar surface area (TPSA) is 48.4 Å². The van der Waals surface area contributed by atoms with Crippen molar-refractivity contribution in [3.63, 3.8) is 0 Å². The Kier molecular flexibility index (Phi) is 2.22. The second-order valence-corrected chi connectivity index (χ2v) is 2.21. The van der Waals surface area contributed by atoms with Crippen molar-refractivity contribution < 1.29 is 14.3 Å². The monoisotopic (exact) mass is 159 g/mol. The molecule has 54 valence electrons. The van der Waals surface area contributed by atoms with Crippen molar-refractivity contribution in [1.82, 2.24) is 4.98 Å². The van der Waals surface area contributed by atoms with Gasteiger partial charge in [0.15, 0.2) is 0 Å². The SMILES string of the molecule is COC(=O)Oc1nccs1. The minimum atomic E-state index is -0.741. The molecule has 0 spiro atoms. The lowest BCUT2D eigenvalue weighted by Crippen LogP contribution is -2.06. The molecule has 10 heavy (non-hydrogen) atoms. The van der Waals surface area contributed by atoms with E-state index >= 15 is 0 Å². The number of carbonyl (C=O) groups is 1. The van der Waals surface area contributed by atoms with Crippen molar-refractivity contribution in [2.24, 2.45) is 0 Å². The van der Waals surface area contributed by atoms with Crippen LogP contribution in [-0.4, -0.2) is 18.2 Å². The minimum Gasteiger partial charge on any atom is -0.437 e. The fraction of sp³-hybridized carbons (Fsp3) is 0.200. The fourth-order valence-electron chi connectivity index (χ4n) is 0.374. The molecular weight excluding hydrogens is 154 g/mol. The Labute approximate surface area is 61.4 Å². The molecule has 1 heterocycles. The molecule has 0 unspecified atom stereocenters. The predicted octanol–water partition coefficient (Wildman–Crippen LogP) is 1.29. The molecule has 0 saturated heterocycles. The molecule has 0 bridgehead atoms. The Morgan fingerprint density at radius 3 is 3.10 bits per heavy atom. The molecule has 4 nitrogen and oxygen atoms in total. The Bertz CT molecular complexity index is 209. The summed E-state index contributed by atoms with van der Waals surface area (Å²) in [6, 6.07) is 0. The first-order valence-electron chi connectivity index (χ1n) is 2.48. The third-order valence-electron chi connectivity index (χ3n) is 0.747. The van der Waals surface area contributed by atoms with E-state index in [1.165, 1.54) is 18.4 Å². The first kappa shape index (κ1) is 7.01. The summed E-state index contributed by atoms with van der Waals surface area (Å²) in [5, 5.41) is 2.00. The van der Waals surface area contributed by atoms with Crippen LogP contribution in [0.5, 0.6) is 5.19 Å². The zero-order valence-corrected chi connectivity index (χ0v) is 6.05. The molecule has 0 amide bonds. The summed E-state index contributed by atoms with van der Waals surface area (Å²) in [4.78, 5) is 14.1. The molecule has 0 radical (unpaired) electrons. The second-order valence-electron chi connectivity index (χ2n) is 1.35. The molecule has 0 aliphatic rings. The Morgan fingerprint density at radius 1 is 1.80 bits per heavy atom. The molecular formula is C5H5NO3S. The van der Waals surface area contributed by atoms with Crippen LogP contribution < -0.4 is 4.74 Å². The van der Waals surface area contributed by atoms with Gasteiger partial charge in [0.05, 0.1) is 7.11 Å². The molecule has 0 aliphatic heterocycles. The average Bonchev–Trinajstić information content (AvgIpc) is 2.40. The maximum absolute atomic E-state index is 10.4. The van der Waals surface area contributed by atoms with Gasteiger partial charge in [0.2, 0.25) is 0 Å². The van der Waals surface area contributed by atoms with Gasteiger partial charge in [-0.15, -0.1) is 0 Å². The number of hydrogen-bond acceptors (Lipinski definition) is 5. The Morgan fingerprint density at radius 2 is 2.60 bits per heavy atom. The second kappa shape index (κ2) is 3.17. The van der Waals surface area contributed by atoms with E-state index in [2.05, 4.69) is 14.5 Å². The summed E-state index contributed by atoms with van der Waals surface area (Å²) in [6.07, 6.45) is 0.804. The highest BCUT2D eigenvalue weighted by molar-refractivity contribution is 7.11. The van der Waals surface area contributed by atoms with E-state index in [-0.39, 0.29) is 0 Å². The Hall–Kier alpha value is -1.10. The summed E-state index contributed by atoms with van der Waals surface area (Å²) >= 11 is 1.23. The molecule has 1 aromatic heterocycles. The van der Waals surface area contributed by atoms with Crippen molar-refractivity contribution in [2.45, 2.75) is 0 Å². The quantitative estimate of drug-likeness (QED) is 0.579. The lowest BCUT2D eigenvalue weighted by atomic mass is 11.0. The van der Waals surface area contributed by atoms with Gasteiger partial charge in [-0.25, -0.2) is 9.78 Å². The average molecular weight is 159 g/mol. The van der Waals surface area contributed by atoms with Gasteiger partial charge < -0.3 is 9.47 Å². The first-order chi connectivity index (χ1) is 4.83. The van der Waals surface area contributed by atoms with Crippen molar-refractivity contribution in [3.05, 3.63) is 11.6 Å². The third kappa shape index (κ3) is 1.70. The van der Waals surface area contributed by atoms with Crippen LogP contribution in [0.1, 0.15) is 0 Å². The number of thiazole rings is 1. The molecule has 1 aromatic rings. The van der Waals surface area contributed by atoms with E-state index in [0.29, 0.717) is 5.19 Å². The highest BCUT2D eigenvalue weighted by Gasteiger charge is 2.03. The number of aromatic nitrogens is 1. The van der Waals surface area contributed by atoms with Gasteiger partial charge in [-0.05, 0) is 0 Å². The number of methoxy groups -OCH3 is 1. The van der Waals surface area contributed by atoms with Crippen molar-refractivity contribution in [1.29, 1.82) is 0 Å². The number of ether oxygens (including phenoxy) is 2. The molecule has 0 fully saturated rings. The van der Waals surface area contributed by atoms with Gasteiger partial charge >= 0.3 is 6.16 Å². The van der Waals surface area contributed by atoms with E-state index in [1.807, 2.05) is 0 Å². The van der Waals surface area contributed by atoms with Gasteiger partial charge in [-0.3, -0.25) is 0 Å². The van der Waals surface area contributed by atoms with Gasteiger partial charge in [0.1, 0.15) is 0 Å². The van der Waals surface area contributed by atoms with Crippen LogP contribution >= 0.6 is 11.3 Å². The van der Waals surface area contributed by atoms with E-state index in [1.54, 1.807) is 11.6 Å². The lowest BCUT2D eigenvalue weighted by molar-refractivity contribution is 0.121. The van der Waals surface area contributed by atoms with Crippen LogP contribution in [0.25, 0.3) is 0 Å². The highest BCUT2D eigenvalue weighted by Crippen LogP contribution is 2.13. The standard InChI is InChI=1S/C5H5NO3S/c1-8-5(7)9-4-6-2-3-10-4/h2-3H,1H3. The number of rotatable bonds is 1. The lowest BCUT2D eigenvalue weighted by Gasteiger charge is -1.94. The van der Waals surface area contributed by atoms with E-state index in [9.17, 15) is 4.79 Å². The predicted molar refractivity (Wildman–Crippen MR) is 35.1 cm³/mol. The summed E-state index contributed by atoms with van der Waals surface area (Å²) < 4.78 is 8.78. The van der Waals surface area contributed by atoms with Crippen LogP contribution in [0.3, 0.4) is 0 Å². The van der Waals surface area contributed by atoms with Gasteiger partial charge in [-0.2, -0.15) is 0 Å². The van der Waals surface area contributed by atoms with E-state index < -0.39 is 6.16 Å². The zero-order valence-electron chi connectivity index (χ0n) is 5.23. The summed E-state index contributed by atoms with van der Waals surface area (Å²) in [5.74, 6) is 0. The van der Waals surface area contributed by atoms with Gasteiger partial charge in [0, 0.05) is 11.6 Å². The van der Waals surface area contributed by atoms with Gasteiger partial charge in [0.25, 0.3) is 5.19 Å². The molecule has 0 aliphatic carbocycles. The van der Waals surface area contributed by atoms with E-state index in [4.69, 9.17) is 0 Å². The smallest absolute Gasteiger partial charge is 0.437 e. The maximum atomic E-state index is 10.4. The first-order valence-corrected chi connectivity index (χ1v) is 3.36. The molecule has 5 heteroatoms. The largest absolute Gasteiger partial charge is 0.515 e. The molecule has 0 saturated carbocycles. The van der Waals surface area contributed by atoms with Crippen LogP contribution in [-0.2, 0) is 4.74 Å². The van der Waals surface area contributed by atoms with E-state index in [0.717, 1.165) is 0 Å². The maximum Gasteiger partial charge on any atom is 0.515 e. The fourth-order valence-corrected chi connectivity index (χ4v) is 0.850. The highest BCUT2D eigenvalue weighted by atomic mass is 32.1. The Balaban J connectivity index is 2.48. The van der Waals surface area contributed by atoms with Crippen LogP contribution in [0.15, 0.2) is 11.6 Å². The normalized spacial score (nSPS) is 8.90. The number of carbonyl (C=O) groups excluding carboxylic acids is 1. The van der Waals surface area contributed by atoms with Crippen molar-refractivity contribution in [2.75, 3.05) is 7.11 Å². The zero-order chi connectivity index (χ0) is 7.40. The van der Waals surface area contributed by atoms with Crippen molar-refractivity contribution >= 4 is 17.5 Å². The number of hydrogen-bond donors (Lipinski definition) is 0. The molecule has 1 rings (SSSR count). The van der Waals surface area contributed by atoms with Crippen LogP contribution in [0.4, 0.5) is 4.79 Å². The summed E-state index contributed by atoms with van der Waals surface area (Å²) in [6.45, 7) is 0. The van der Waals surface area contributed by atoms with Crippen LogP contribution in [0.2, 0.25) is 0 Å². The number of nitrogens with zero attached hydrogens (tertiary/aromatic N) is 1. The van der Waals surface area contributed by atoms with Crippen molar-refractivity contribution in [3.8, 4) is 5.19 Å². The molecule has 0 N–H and O–H groups in total. The minimum absolute atomic E-state index is 0.298. The van der Waals surface area contributed by atoms with Gasteiger partial charge in [-0.1, -0.05) is 11.3 Å². The summed E-state index contributed by atoms with van der Waals surface area (Å²) in [5.41, 5.74) is 0. The molecule has 0 atom stereocenters. The van der Waals surface area contributed by atoms with Crippen LogP contribution in [0, 0.1) is 0 Å².